The van der Waals surface area contributed by atoms with Crippen molar-refractivity contribution in [2.24, 2.45) is 5.73 Å². The van der Waals surface area contributed by atoms with Gasteiger partial charge >= 0.3 is 0 Å². The van der Waals surface area contributed by atoms with Crippen LogP contribution in [0.3, 0.4) is 0 Å². The van der Waals surface area contributed by atoms with Gasteiger partial charge in [0.2, 0.25) is 0 Å². The average molecular weight is 323 g/mol. The molecule has 0 aliphatic rings. The van der Waals surface area contributed by atoms with Crippen molar-refractivity contribution < 1.29 is 0 Å². The van der Waals surface area contributed by atoms with Gasteiger partial charge in [-0.3, -0.25) is 0 Å². The van der Waals surface area contributed by atoms with Gasteiger partial charge in [0, 0.05) is 12.5 Å². The molecule has 0 spiro atoms. The lowest BCUT2D eigenvalue weighted by Gasteiger charge is -2.16. The molecule has 4 rings (SSSR count). The maximum absolute atomic E-state index is 6.05. The number of hydrogen-bond acceptors (Lipinski definition) is 1. The molecule has 4 aromatic carbocycles. The number of fused-ring (bicyclic) bond motifs is 1. The summed E-state index contributed by atoms with van der Waals surface area (Å²) in [5.41, 5.74) is 11.1. The van der Waals surface area contributed by atoms with E-state index in [4.69, 9.17) is 5.73 Å². The highest BCUT2D eigenvalue weighted by molar-refractivity contribution is 5.87. The van der Waals surface area contributed by atoms with Crippen LogP contribution in [0.4, 0.5) is 0 Å². The monoisotopic (exact) mass is 323 g/mol. The third kappa shape index (κ3) is 3.19. The van der Waals surface area contributed by atoms with Crippen molar-refractivity contribution in [2.75, 3.05) is 6.54 Å². The van der Waals surface area contributed by atoms with Gasteiger partial charge in [-0.1, -0.05) is 91.0 Å². The summed E-state index contributed by atoms with van der Waals surface area (Å²) in [6.07, 6.45) is 0. The Hall–Kier alpha value is -2.90. The molecule has 1 nitrogen and oxygen atoms in total. The first kappa shape index (κ1) is 15.6. The molecule has 0 fully saturated rings. The lowest BCUT2D eigenvalue weighted by molar-refractivity contribution is 0.819. The van der Waals surface area contributed by atoms with Crippen LogP contribution in [-0.4, -0.2) is 6.54 Å². The molecule has 2 N–H and O–H groups in total. The van der Waals surface area contributed by atoms with Crippen molar-refractivity contribution in [1.82, 2.24) is 0 Å². The summed E-state index contributed by atoms with van der Waals surface area (Å²) in [4.78, 5) is 0. The van der Waals surface area contributed by atoms with Crippen LogP contribution < -0.4 is 5.73 Å². The fraction of sp³-hybridized carbons (Fsp3) is 0.0833. The van der Waals surface area contributed by atoms with E-state index in [0.717, 1.165) is 0 Å². The minimum absolute atomic E-state index is 0.242. The van der Waals surface area contributed by atoms with E-state index in [1.165, 1.54) is 33.0 Å². The van der Waals surface area contributed by atoms with Crippen molar-refractivity contribution >= 4 is 10.8 Å². The first-order chi connectivity index (χ1) is 12.3. The SMILES string of the molecule is NCC(c1ccccc1)c1ccc(-c2ccc3ccccc3c2)cc1. The van der Waals surface area contributed by atoms with Gasteiger partial charge in [0.15, 0.2) is 0 Å². The van der Waals surface area contributed by atoms with Gasteiger partial charge in [-0.2, -0.15) is 0 Å². The van der Waals surface area contributed by atoms with E-state index in [9.17, 15) is 0 Å². The smallest absolute Gasteiger partial charge is 0.0212 e. The van der Waals surface area contributed by atoms with Crippen molar-refractivity contribution in [3.63, 3.8) is 0 Å². The van der Waals surface area contributed by atoms with Crippen LogP contribution >= 0.6 is 0 Å². The molecule has 0 amide bonds. The Morgan fingerprint density at radius 1 is 0.560 bits per heavy atom. The van der Waals surface area contributed by atoms with E-state index < -0.39 is 0 Å². The second-order valence-electron chi connectivity index (χ2n) is 6.38. The van der Waals surface area contributed by atoms with E-state index in [2.05, 4.69) is 91.0 Å². The van der Waals surface area contributed by atoms with Crippen LogP contribution in [0, 0.1) is 0 Å². The normalized spacial score (nSPS) is 12.2. The first-order valence-electron chi connectivity index (χ1n) is 8.69. The minimum Gasteiger partial charge on any atom is -0.330 e. The van der Waals surface area contributed by atoms with Gasteiger partial charge in [-0.25, -0.2) is 0 Å². The van der Waals surface area contributed by atoms with Crippen LogP contribution in [0.1, 0.15) is 17.0 Å². The summed E-state index contributed by atoms with van der Waals surface area (Å²) < 4.78 is 0. The van der Waals surface area contributed by atoms with E-state index in [-0.39, 0.29) is 5.92 Å². The maximum Gasteiger partial charge on any atom is 0.0212 e. The summed E-state index contributed by atoms with van der Waals surface area (Å²) >= 11 is 0. The second-order valence-corrected chi connectivity index (χ2v) is 6.38. The Morgan fingerprint density at radius 2 is 1.16 bits per heavy atom. The molecule has 122 valence electrons. The highest BCUT2D eigenvalue weighted by Crippen LogP contribution is 2.28. The van der Waals surface area contributed by atoms with Gasteiger partial charge in [-0.15, -0.1) is 0 Å². The molecule has 0 saturated carbocycles. The third-order valence-electron chi connectivity index (χ3n) is 4.83. The summed E-state index contributed by atoms with van der Waals surface area (Å²) in [7, 11) is 0. The lowest BCUT2D eigenvalue weighted by Crippen LogP contribution is -2.13. The molecule has 4 aromatic rings. The Kier molecular flexibility index (Phi) is 4.32. The molecular weight excluding hydrogens is 302 g/mol. The van der Waals surface area contributed by atoms with Gasteiger partial charge in [-0.05, 0) is 39.1 Å². The highest BCUT2D eigenvalue weighted by atomic mass is 14.5. The standard InChI is InChI=1S/C24H21N/c25-17-24(20-7-2-1-3-8-20)21-13-10-19(11-14-21)23-15-12-18-6-4-5-9-22(18)16-23/h1-16,24H,17,25H2. The number of rotatable bonds is 4. The first-order valence-corrected chi connectivity index (χ1v) is 8.69. The van der Waals surface area contributed by atoms with Crippen LogP contribution in [0.25, 0.3) is 21.9 Å². The topological polar surface area (TPSA) is 26.0 Å². The molecule has 1 unspecified atom stereocenters. The van der Waals surface area contributed by atoms with Gasteiger partial charge < -0.3 is 5.73 Å². The Balaban J connectivity index is 1.66. The summed E-state index contributed by atoms with van der Waals surface area (Å²) in [6.45, 7) is 0.610. The summed E-state index contributed by atoms with van der Waals surface area (Å²) in [6, 6.07) is 34.4. The van der Waals surface area contributed by atoms with E-state index in [1.54, 1.807) is 0 Å². The predicted octanol–water partition coefficient (Wildman–Crippen LogP) is 5.60. The largest absolute Gasteiger partial charge is 0.330 e. The molecule has 0 aromatic heterocycles. The molecule has 1 atom stereocenters. The lowest BCUT2D eigenvalue weighted by atomic mass is 9.90. The average Bonchev–Trinajstić information content (AvgIpc) is 2.70. The van der Waals surface area contributed by atoms with E-state index in [0.29, 0.717) is 6.54 Å². The van der Waals surface area contributed by atoms with E-state index in [1.807, 2.05) is 6.07 Å². The Labute approximate surface area is 148 Å². The number of hydrogen-bond donors (Lipinski definition) is 1. The van der Waals surface area contributed by atoms with Crippen LogP contribution in [-0.2, 0) is 0 Å². The van der Waals surface area contributed by atoms with Crippen molar-refractivity contribution in [1.29, 1.82) is 0 Å². The minimum atomic E-state index is 0.242. The Bertz CT molecular complexity index is 972. The molecule has 0 radical (unpaired) electrons. The number of benzene rings is 4. The third-order valence-corrected chi connectivity index (χ3v) is 4.83. The fourth-order valence-corrected chi connectivity index (χ4v) is 3.43. The molecule has 0 bridgehead atoms. The van der Waals surface area contributed by atoms with Crippen molar-refractivity contribution in [2.45, 2.75) is 5.92 Å². The molecule has 0 aliphatic heterocycles. The Morgan fingerprint density at radius 3 is 1.88 bits per heavy atom. The second kappa shape index (κ2) is 6.92. The number of nitrogens with two attached hydrogens (primary N) is 1. The van der Waals surface area contributed by atoms with Gasteiger partial charge in [0.25, 0.3) is 0 Å². The predicted molar refractivity (Wildman–Crippen MR) is 107 cm³/mol. The van der Waals surface area contributed by atoms with Crippen LogP contribution in [0.2, 0.25) is 0 Å². The van der Waals surface area contributed by atoms with Gasteiger partial charge in [0.1, 0.15) is 0 Å². The zero-order chi connectivity index (χ0) is 17.1. The maximum atomic E-state index is 6.05. The molecule has 25 heavy (non-hydrogen) atoms. The quantitative estimate of drug-likeness (QED) is 0.520. The summed E-state index contributed by atoms with van der Waals surface area (Å²) in [5, 5.41) is 2.54. The fourth-order valence-electron chi connectivity index (χ4n) is 3.43. The highest BCUT2D eigenvalue weighted by Gasteiger charge is 2.12. The van der Waals surface area contributed by atoms with Crippen molar-refractivity contribution in [3.05, 3.63) is 108 Å². The van der Waals surface area contributed by atoms with E-state index >= 15 is 0 Å². The molecular formula is C24H21N. The molecule has 0 heterocycles. The van der Waals surface area contributed by atoms with Gasteiger partial charge in [0.05, 0.1) is 0 Å². The van der Waals surface area contributed by atoms with Crippen molar-refractivity contribution in [3.8, 4) is 11.1 Å². The van der Waals surface area contributed by atoms with Crippen LogP contribution in [0.15, 0.2) is 97.1 Å². The molecule has 0 saturated heterocycles. The molecule has 1 heteroatoms. The molecule has 0 aliphatic carbocycles. The zero-order valence-corrected chi connectivity index (χ0v) is 14.1. The van der Waals surface area contributed by atoms with Crippen LogP contribution in [0.5, 0.6) is 0 Å². The summed E-state index contributed by atoms with van der Waals surface area (Å²) in [5.74, 6) is 0.242. The zero-order valence-electron chi connectivity index (χ0n) is 14.1.